The molecule has 3 aromatic rings. The molecule has 0 aliphatic heterocycles. The number of hydrogen-bond acceptors (Lipinski definition) is 4. The zero-order valence-electron chi connectivity index (χ0n) is 19.4. The third-order valence-corrected chi connectivity index (χ3v) is 5.22. The molecule has 0 aliphatic carbocycles. The minimum Gasteiger partial charge on any atom is -0.491 e. The Hall–Kier alpha value is -3.80. The van der Waals surface area contributed by atoms with Gasteiger partial charge < -0.3 is 20.3 Å². The van der Waals surface area contributed by atoms with E-state index in [4.69, 9.17) is 4.74 Å². The van der Waals surface area contributed by atoms with Gasteiger partial charge in [0, 0.05) is 30.5 Å². The minimum absolute atomic E-state index is 0.0772. The summed E-state index contributed by atoms with van der Waals surface area (Å²) < 4.78 is 5.75. The summed E-state index contributed by atoms with van der Waals surface area (Å²) in [5, 5.41) is 5.94. The second-order valence-electron chi connectivity index (χ2n) is 7.99. The summed E-state index contributed by atoms with van der Waals surface area (Å²) in [5.74, 6) is 0.523. The molecule has 0 bridgehead atoms. The van der Waals surface area contributed by atoms with Gasteiger partial charge in [-0.05, 0) is 61.4 Å². The molecule has 6 nitrogen and oxygen atoms in total. The van der Waals surface area contributed by atoms with E-state index >= 15 is 0 Å². The van der Waals surface area contributed by atoms with Gasteiger partial charge in [-0.2, -0.15) is 0 Å². The highest BCUT2D eigenvalue weighted by molar-refractivity contribution is 5.96. The number of hydrogen-bond donors (Lipinski definition) is 2. The summed E-state index contributed by atoms with van der Waals surface area (Å²) >= 11 is 0. The Morgan fingerprint density at radius 3 is 2.36 bits per heavy atom. The van der Waals surface area contributed by atoms with Crippen LogP contribution >= 0.6 is 0 Å². The fraction of sp³-hybridized carbons (Fsp3) is 0.259. The van der Waals surface area contributed by atoms with Crippen molar-refractivity contribution in [2.45, 2.75) is 32.9 Å². The molecule has 2 N–H and O–H groups in total. The highest BCUT2D eigenvalue weighted by Gasteiger charge is 2.13. The molecule has 2 amide bonds. The van der Waals surface area contributed by atoms with Gasteiger partial charge in [0.1, 0.15) is 5.75 Å². The van der Waals surface area contributed by atoms with Crippen LogP contribution in [0.3, 0.4) is 0 Å². The second-order valence-corrected chi connectivity index (χ2v) is 7.99. The average molecular weight is 446 g/mol. The quantitative estimate of drug-likeness (QED) is 0.451. The Morgan fingerprint density at radius 2 is 1.67 bits per heavy atom. The lowest BCUT2D eigenvalue weighted by Crippen LogP contribution is -2.26. The van der Waals surface area contributed by atoms with E-state index in [9.17, 15) is 9.59 Å². The number of amides is 2. The summed E-state index contributed by atoms with van der Waals surface area (Å²) in [6.45, 7) is 4.70. The van der Waals surface area contributed by atoms with Crippen LogP contribution in [0.1, 0.15) is 36.2 Å². The van der Waals surface area contributed by atoms with Crippen molar-refractivity contribution in [3.8, 4) is 5.75 Å². The van der Waals surface area contributed by atoms with E-state index in [0.717, 1.165) is 17.7 Å². The van der Waals surface area contributed by atoms with E-state index in [1.54, 1.807) is 30.1 Å². The molecule has 3 aromatic carbocycles. The molecule has 0 saturated heterocycles. The normalized spacial score (nSPS) is 11.4. The predicted molar refractivity (Wildman–Crippen MR) is 133 cm³/mol. The molecule has 0 spiro atoms. The monoisotopic (exact) mass is 445 g/mol. The molecular weight excluding hydrogens is 414 g/mol. The van der Waals surface area contributed by atoms with Crippen LogP contribution in [-0.2, 0) is 11.3 Å². The van der Waals surface area contributed by atoms with Crippen LogP contribution in [0, 0.1) is 0 Å². The Balaban J connectivity index is 1.51. The van der Waals surface area contributed by atoms with Crippen molar-refractivity contribution in [1.82, 2.24) is 4.90 Å². The zero-order valence-corrected chi connectivity index (χ0v) is 19.4. The van der Waals surface area contributed by atoms with Crippen molar-refractivity contribution in [1.29, 1.82) is 0 Å². The van der Waals surface area contributed by atoms with E-state index in [0.29, 0.717) is 23.5 Å². The fourth-order valence-corrected chi connectivity index (χ4v) is 3.23. The van der Waals surface area contributed by atoms with Crippen LogP contribution in [0.4, 0.5) is 11.4 Å². The predicted octanol–water partition coefficient (Wildman–Crippen LogP) is 5.19. The maximum Gasteiger partial charge on any atom is 0.253 e. The Morgan fingerprint density at radius 1 is 0.939 bits per heavy atom. The molecule has 172 valence electrons. The van der Waals surface area contributed by atoms with Crippen LogP contribution in [0.25, 0.3) is 0 Å². The summed E-state index contributed by atoms with van der Waals surface area (Å²) in [5.41, 5.74) is 3.04. The number of rotatable bonds is 10. The number of nitrogens with one attached hydrogen (secondary N) is 2. The van der Waals surface area contributed by atoms with Gasteiger partial charge in [0.15, 0.2) is 0 Å². The van der Waals surface area contributed by atoms with Gasteiger partial charge in [0.2, 0.25) is 5.91 Å². The molecule has 33 heavy (non-hydrogen) atoms. The fourth-order valence-electron chi connectivity index (χ4n) is 3.23. The maximum absolute atomic E-state index is 12.8. The van der Waals surface area contributed by atoms with Crippen molar-refractivity contribution in [3.63, 3.8) is 0 Å². The molecule has 0 aromatic heterocycles. The zero-order chi connectivity index (χ0) is 23.6. The van der Waals surface area contributed by atoms with Crippen molar-refractivity contribution in [2.24, 2.45) is 0 Å². The summed E-state index contributed by atoms with van der Waals surface area (Å²) in [4.78, 5) is 26.8. The topological polar surface area (TPSA) is 70.7 Å². The molecule has 1 atom stereocenters. The van der Waals surface area contributed by atoms with Gasteiger partial charge in [-0.1, -0.05) is 43.3 Å². The lowest BCUT2D eigenvalue weighted by atomic mass is 10.1. The molecule has 0 radical (unpaired) electrons. The molecule has 0 saturated carbocycles. The Labute approximate surface area is 195 Å². The largest absolute Gasteiger partial charge is 0.491 e. The van der Waals surface area contributed by atoms with Gasteiger partial charge in [-0.3, -0.25) is 9.59 Å². The van der Waals surface area contributed by atoms with Crippen LogP contribution in [0.2, 0.25) is 0 Å². The number of benzene rings is 3. The number of anilines is 2. The Bertz CT molecular complexity index is 1050. The van der Waals surface area contributed by atoms with E-state index in [1.807, 2.05) is 67.6 Å². The molecular formula is C27H31N3O3. The second kappa shape index (κ2) is 11.7. The SMILES string of the molecule is CCC(C)Oc1ccc(NC(=O)CNc2cccc(C(=O)N(C)Cc3ccccc3)c2)cc1. The highest BCUT2D eigenvalue weighted by atomic mass is 16.5. The van der Waals surface area contributed by atoms with Crippen molar-refractivity contribution in [3.05, 3.63) is 90.0 Å². The number of carbonyl (C=O) groups is 2. The summed E-state index contributed by atoms with van der Waals surface area (Å²) in [6, 6.07) is 24.4. The first-order chi connectivity index (χ1) is 15.9. The Kier molecular flexibility index (Phi) is 8.47. The van der Waals surface area contributed by atoms with E-state index in [2.05, 4.69) is 17.6 Å². The third-order valence-electron chi connectivity index (χ3n) is 5.22. The summed E-state index contributed by atoms with van der Waals surface area (Å²) in [6.07, 6.45) is 1.08. The molecule has 6 heteroatoms. The lowest BCUT2D eigenvalue weighted by molar-refractivity contribution is -0.114. The van der Waals surface area contributed by atoms with Crippen molar-refractivity contribution < 1.29 is 14.3 Å². The lowest BCUT2D eigenvalue weighted by Gasteiger charge is -2.18. The van der Waals surface area contributed by atoms with Crippen molar-refractivity contribution >= 4 is 23.2 Å². The minimum atomic E-state index is -0.177. The molecule has 0 fully saturated rings. The van der Waals surface area contributed by atoms with E-state index in [-0.39, 0.29) is 24.5 Å². The van der Waals surface area contributed by atoms with Crippen LogP contribution < -0.4 is 15.4 Å². The van der Waals surface area contributed by atoms with Gasteiger partial charge in [-0.25, -0.2) is 0 Å². The van der Waals surface area contributed by atoms with E-state index < -0.39 is 0 Å². The number of carbonyl (C=O) groups excluding carboxylic acids is 2. The van der Waals surface area contributed by atoms with Crippen molar-refractivity contribution in [2.75, 3.05) is 24.2 Å². The van der Waals surface area contributed by atoms with Gasteiger partial charge in [0.25, 0.3) is 5.91 Å². The van der Waals surface area contributed by atoms with Crippen LogP contribution in [0.5, 0.6) is 5.75 Å². The first-order valence-corrected chi connectivity index (χ1v) is 11.1. The molecule has 0 aliphatic rings. The molecule has 1 unspecified atom stereocenters. The van der Waals surface area contributed by atoms with Crippen LogP contribution in [0.15, 0.2) is 78.9 Å². The number of ether oxygens (including phenoxy) is 1. The standard InChI is InChI=1S/C27H31N3O3/c1-4-20(2)33-25-15-13-23(14-16-25)29-26(31)18-28-24-12-8-11-22(17-24)27(32)30(3)19-21-9-6-5-7-10-21/h5-17,20,28H,4,18-19H2,1-3H3,(H,29,31). The third kappa shape index (κ3) is 7.38. The van der Waals surface area contributed by atoms with Gasteiger partial charge >= 0.3 is 0 Å². The highest BCUT2D eigenvalue weighted by Crippen LogP contribution is 2.18. The van der Waals surface area contributed by atoms with Gasteiger partial charge in [-0.15, -0.1) is 0 Å². The molecule has 3 rings (SSSR count). The average Bonchev–Trinajstić information content (AvgIpc) is 2.84. The maximum atomic E-state index is 12.8. The first kappa shape index (κ1) is 23.9. The molecule has 0 heterocycles. The summed E-state index contributed by atoms with van der Waals surface area (Å²) in [7, 11) is 1.78. The van der Waals surface area contributed by atoms with Crippen LogP contribution in [-0.4, -0.2) is 36.4 Å². The smallest absolute Gasteiger partial charge is 0.253 e. The van der Waals surface area contributed by atoms with E-state index in [1.165, 1.54) is 0 Å². The first-order valence-electron chi connectivity index (χ1n) is 11.1. The number of nitrogens with zero attached hydrogens (tertiary/aromatic N) is 1. The van der Waals surface area contributed by atoms with Gasteiger partial charge in [0.05, 0.1) is 12.6 Å².